The van der Waals surface area contributed by atoms with Crippen molar-refractivity contribution >= 4 is 28.0 Å². The number of hydrogen-bond acceptors (Lipinski definition) is 5. The number of nitrogens with zero attached hydrogens (tertiary/aromatic N) is 3. The van der Waals surface area contributed by atoms with Crippen LogP contribution in [0, 0.1) is 6.92 Å². The van der Waals surface area contributed by atoms with E-state index < -0.39 is 0 Å². The lowest BCUT2D eigenvalue weighted by molar-refractivity contribution is 1.07. The second-order valence-electron chi connectivity index (χ2n) is 5.33. The Labute approximate surface area is 134 Å². The van der Waals surface area contributed by atoms with Crippen LogP contribution in [0.3, 0.4) is 0 Å². The van der Waals surface area contributed by atoms with Crippen LogP contribution in [-0.4, -0.2) is 24.1 Å². The Balaban J connectivity index is 1.83. The maximum absolute atomic E-state index is 4.67. The molecule has 0 saturated carbocycles. The normalized spacial score (nSPS) is 10.5. The lowest BCUT2D eigenvalue weighted by Gasteiger charge is -2.11. The van der Waals surface area contributed by atoms with Crippen molar-refractivity contribution in [3.63, 3.8) is 0 Å². The quantitative estimate of drug-likeness (QED) is 0.779. The first-order chi connectivity index (χ1) is 10.6. The van der Waals surface area contributed by atoms with Crippen LogP contribution in [0.4, 0.5) is 16.6 Å². The summed E-state index contributed by atoms with van der Waals surface area (Å²) in [7, 11) is 3.97. The van der Waals surface area contributed by atoms with Crippen LogP contribution < -0.4 is 10.2 Å². The minimum atomic E-state index is 0.892. The first kappa shape index (κ1) is 14.5. The molecule has 0 spiro atoms. The third-order valence-electron chi connectivity index (χ3n) is 3.27. The van der Waals surface area contributed by atoms with E-state index >= 15 is 0 Å². The van der Waals surface area contributed by atoms with Crippen molar-refractivity contribution < 1.29 is 0 Å². The van der Waals surface area contributed by atoms with Crippen molar-refractivity contribution in [3.05, 3.63) is 53.5 Å². The molecule has 0 aliphatic rings. The molecule has 112 valence electrons. The molecule has 1 N–H and O–H groups in total. The predicted molar refractivity (Wildman–Crippen MR) is 94.1 cm³/mol. The van der Waals surface area contributed by atoms with E-state index in [-0.39, 0.29) is 0 Å². The molecule has 3 rings (SSSR count). The van der Waals surface area contributed by atoms with Gasteiger partial charge in [-0.2, -0.15) is 0 Å². The van der Waals surface area contributed by atoms with E-state index in [1.807, 2.05) is 49.5 Å². The lowest BCUT2D eigenvalue weighted by atomic mass is 10.2. The number of anilines is 3. The molecule has 0 unspecified atom stereocenters. The summed E-state index contributed by atoms with van der Waals surface area (Å²) in [4.78, 5) is 11.0. The van der Waals surface area contributed by atoms with Gasteiger partial charge >= 0.3 is 0 Å². The molecule has 0 amide bonds. The van der Waals surface area contributed by atoms with Gasteiger partial charge in [-0.05, 0) is 36.8 Å². The third-order valence-corrected chi connectivity index (χ3v) is 4.03. The minimum absolute atomic E-state index is 0.892. The smallest absolute Gasteiger partial charge is 0.187 e. The Hall–Kier alpha value is -2.40. The number of nitrogens with one attached hydrogen (secondary N) is 1. The van der Waals surface area contributed by atoms with Crippen molar-refractivity contribution in [2.75, 3.05) is 24.3 Å². The third kappa shape index (κ3) is 3.26. The minimum Gasteiger partial charge on any atom is -0.363 e. The van der Waals surface area contributed by atoms with Gasteiger partial charge in [0.25, 0.3) is 0 Å². The number of thiazole rings is 1. The van der Waals surface area contributed by atoms with Gasteiger partial charge in [0, 0.05) is 36.9 Å². The zero-order valence-electron chi connectivity index (χ0n) is 12.9. The monoisotopic (exact) mass is 310 g/mol. The van der Waals surface area contributed by atoms with Gasteiger partial charge in [-0.15, -0.1) is 11.3 Å². The number of benzene rings is 1. The summed E-state index contributed by atoms with van der Waals surface area (Å²) in [5.41, 5.74) is 4.33. The van der Waals surface area contributed by atoms with Crippen molar-refractivity contribution in [2.45, 2.75) is 6.92 Å². The van der Waals surface area contributed by atoms with E-state index in [4.69, 9.17) is 0 Å². The first-order valence-electron chi connectivity index (χ1n) is 7.05. The average Bonchev–Trinajstić information content (AvgIpc) is 2.96. The Morgan fingerprint density at radius 1 is 1.14 bits per heavy atom. The SMILES string of the molecule is Cc1cccc(Nc2nc(-c3ccnc(N(C)C)c3)cs2)c1. The number of aryl methyl sites for hydroxylation is 1. The van der Waals surface area contributed by atoms with Gasteiger partial charge in [0.15, 0.2) is 5.13 Å². The summed E-state index contributed by atoms with van der Waals surface area (Å²) in [5.74, 6) is 0.929. The fourth-order valence-corrected chi connectivity index (χ4v) is 2.87. The number of rotatable bonds is 4. The van der Waals surface area contributed by atoms with Crippen LogP contribution in [0.1, 0.15) is 5.56 Å². The highest BCUT2D eigenvalue weighted by Crippen LogP contribution is 2.28. The van der Waals surface area contributed by atoms with Crippen LogP contribution in [0.25, 0.3) is 11.3 Å². The van der Waals surface area contributed by atoms with E-state index in [1.165, 1.54) is 5.56 Å². The van der Waals surface area contributed by atoms with Gasteiger partial charge in [0.1, 0.15) is 5.82 Å². The molecule has 0 fully saturated rings. The van der Waals surface area contributed by atoms with E-state index in [2.05, 4.69) is 39.7 Å². The van der Waals surface area contributed by atoms with Gasteiger partial charge in [0.2, 0.25) is 0 Å². The summed E-state index contributed by atoms with van der Waals surface area (Å²) >= 11 is 1.60. The van der Waals surface area contributed by atoms with Crippen molar-refractivity contribution in [3.8, 4) is 11.3 Å². The molecule has 0 saturated heterocycles. The highest BCUT2D eigenvalue weighted by molar-refractivity contribution is 7.14. The Morgan fingerprint density at radius 3 is 2.77 bits per heavy atom. The summed E-state index contributed by atoms with van der Waals surface area (Å²) < 4.78 is 0. The highest BCUT2D eigenvalue weighted by Gasteiger charge is 2.07. The topological polar surface area (TPSA) is 41.1 Å². The Morgan fingerprint density at radius 2 is 2.00 bits per heavy atom. The first-order valence-corrected chi connectivity index (χ1v) is 7.93. The molecule has 0 aliphatic carbocycles. The zero-order valence-corrected chi connectivity index (χ0v) is 13.7. The van der Waals surface area contributed by atoms with Crippen molar-refractivity contribution in [1.29, 1.82) is 0 Å². The molecular weight excluding hydrogens is 292 g/mol. The molecule has 3 aromatic rings. The van der Waals surface area contributed by atoms with Gasteiger partial charge in [-0.1, -0.05) is 12.1 Å². The molecule has 1 aromatic carbocycles. The van der Waals surface area contributed by atoms with Crippen molar-refractivity contribution in [1.82, 2.24) is 9.97 Å². The molecule has 22 heavy (non-hydrogen) atoms. The van der Waals surface area contributed by atoms with Crippen LogP contribution in [0.2, 0.25) is 0 Å². The van der Waals surface area contributed by atoms with Gasteiger partial charge in [-0.25, -0.2) is 9.97 Å². The summed E-state index contributed by atoms with van der Waals surface area (Å²) in [6.07, 6.45) is 1.82. The van der Waals surface area contributed by atoms with Crippen LogP contribution in [-0.2, 0) is 0 Å². The van der Waals surface area contributed by atoms with E-state index in [1.54, 1.807) is 11.3 Å². The molecule has 2 aromatic heterocycles. The van der Waals surface area contributed by atoms with Gasteiger partial charge in [0.05, 0.1) is 5.69 Å². The van der Waals surface area contributed by atoms with E-state index in [9.17, 15) is 0 Å². The highest BCUT2D eigenvalue weighted by atomic mass is 32.1. The maximum atomic E-state index is 4.67. The summed E-state index contributed by atoms with van der Waals surface area (Å²) in [5, 5.41) is 6.31. The average molecular weight is 310 g/mol. The van der Waals surface area contributed by atoms with E-state index in [0.29, 0.717) is 0 Å². The summed E-state index contributed by atoms with van der Waals surface area (Å²) in [6.45, 7) is 2.08. The second-order valence-corrected chi connectivity index (χ2v) is 6.19. The fourth-order valence-electron chi connectivity index (χ4n) is 2.13. The standard InChI is InChI=1S/C17H18N4S/c1-12-5-4-6-14(9-12)19-17-20-15(11-22-17)13-7-8-18-16(10-13)21(2)3/h4-11H,1-3H3,(H,19,20). The van der Waals surface area contributed by atoms with Gasteiger partial charge < -0.3 is 10.2 Å². The molecule has 0 atom stereocenters. The lowest BCUT2D eigenvalue weighted by Crippen LogP contribution is -2.10. The predicted octanol–water partition coefficient (Wildman–Crippen LogP) is 4.32. The molecular formula is C17H18N4S. The molecule has 0 radical (unpaired) electrons. The zero-order chi connectivity index (χ0) is 15.5. The van der Waals surface area contributed by atoms with E-state index in [0.717, 1.165) is 27.9 Å². The molecule has 0 bridgehead atoms. The number of pyridine rings is 1. The number of hydrogen-bond donors (Lipinski definition) is 1. The van der Waals surface area contributed by atoms with Crippen LogP contribution in [0.15, 0.2) is 48.0 Å². The van der Waals surface area contributed by atoms with Crippen LogP contribution >= 0.6 is 11.3 Å². The molecule has 4 nitrogen and oxygen atoms in total. The number of aromatic nitrogens is 2. The molecule has 0 aliphatic heterocycles. The second kappa shape index (κ2) is 6.15. The Kier molecular flexibility index (Phi) is 4.06. The largest absolute Gasteiger partial charge is 0.363 e. The molecule has 5 heteroatoms. The Bertz CT molecular complexity index is 780. The summed E-state index contributed by atoms with van der Waals surface area (Å²) in [6, 6.07) is 12.3. The van der Waals surface area contributed by atoms with Crippen molar-refractivity contribution in [2.24, 2.45) is 0 Å². The molecule has 2 heterocycles. The maximum Gasteiger partial charge on any atom is 0.187 e. The van der Waals surface area contributed by atoms with Gasteiger partial charge in [-0.3, -0.25) is 0 Å². The van der Waals surface area contributed by atoms with Crippen LogP contribution in [0.5, 0.6) is 0 Å². The fraction of sp³-hybridized carbons (Fsp3) is 0.176.